The molecule has 0 atom stereocenters. The Hall–Kier alpha value is -4.54. The van der Waals surface area contributed by atoms with Crippen LogP contribution in [0.1, 0.15) is 41.4 Å². The van der Waals surface area contributed by atoms with Crippen molar-refractivity contribution in [2.24, 2.45) is 22.9 Å². The fraction of sp³-hybridized carbons (Fsp3) is 0. The van der Waals surface area contributed by atoms with Crippen molar-refractivity contribution < 1.29 is 19.2 Å². The number of nitrogens with two attached hydrogens (primary N) is 4. The van der Waals surface area contributed by atoms with Gasteiger partial charge in [-0.1, -0.05) is 72.8 Å². The molecule has 38 heavy (non-hydrogen) atoms. The number of hydrogen-bond acceptors (Lipinski definition) is 4. The van der Waals surface area contributed by atoms with Gasteiger partial charge in [0, 0.05) is 22.3 Å². The topological polar surface area (TPSA) is 172 Å². The summed E-state index contributed by atoms with van der Waals surface area (Å²) in [5.74, 6) is -1.52. The SMILES string of the molecule is NC(=O)c1ccccc1.NC(=O)c1ccccc1.NC(=O)c1ccccc1.NC(=O)c1ccccc1.S.S. The van der Waals surface area contributed by atoms with Crippen LogP contribution in [0.4, 0.5) is 0 Å². The monoisotopic (exact) mass is 552 g/mol. The largest absolute Gasteiger partial charge is 0.366 e. The quantitative estimate of drug-likeness (QED) is 0.304. The summed E-state index contributed by atoms with van der Waals surface area (Å²) in [7, 11) is 0. The van der Waals surface area contributed by atoms with Crippen molar-refractivity contribution >= 4 is 50.6 Å². The molecule has 0 heterocycles. The summed E-state index contributed by atoms with van der Waals surface area (Å²) in [6.45, 7) is 0. The zero-order chi connectivity index (χ0) is 26.8. The van der Waals surface area contributed by atoms with Gasteiger partial charge in [-0.15, -0.1) is 0 Å². The van der Waals surface area contributed by atoms with Gasteiger partial charge in [0.1, 0.15) is 0 Å². The highest BCUT2D eigenvalue weighted by molar-refractivity contribution is 7.59. The van der Waals surface area contributed by atoms with Crippen molar-refractivity contribution in [3.05, 3.63) is 144 Å². The van der Waals surface area contributed by atoms with Crippen LogP contribution >= 0.6 is 27.0 Å². The number of carbonyl (C=O) groups is 4. The lowest BCUT2D eigenvalue weighted by atomic mass is 10.2. The Morgan fingerprint density at radius 3 is 0.526 bits per heavy atom. The number of hydrogen-bond donors (Lipinski definition) is 4. The molecule has 4 rings (SSSR count). The molecule has 0 aliphatic heterocycles. The van der Waals surface area contributed by atoms with E-state index in [4.69, 9.17) is 22.9 Å². The van der Waals surface area contributed by atoms with E-state index in [0.29, 0.717) is 22.3 Å². The van der Waals surface area contributed by atoms with E-state index in [1.54, 1.807) is 97.1 Å². The minimum Gasteiger partial charge on any atom is -0.366 e. The van der Waals surface area contributed by atoms with Gasteiger partial charge >= 0.3 is 0 Å². The molecule has 0 saturated carbocycles. The van der Waals surface area contributed by atoms with Crippen molar-refractivity contribution in [2.45, 2.75) is 0 Å². The molecular weight excluding hydrogens is 520 g/mol. The zero-order valence-corrected chi connectivity index (χ0v) is 22.5. The minimum atomic E-state index is -0.379. The number of carbonyl (C=O) groups excluding carboxylic acids is 4. The van der Waals surface area contributed by atoms with E-state index in [1.165, 1.54) is 0 Å². The first-order chi connectivity index (χ1) is 17.2. The van der Waals surface area contributed by atoms with Crippen molar-refractivity contribution in [1.29, 1.82) is 0 Å². The lowest BCUT2D eigenvalue weighted by Crippen LogP contribution is -2.09. The van der Waals surface area contributed by atoms with Gasteiger partial charge in [-0.2, -0.15) is 27.0 Å². The Bertz CT molecular complexity index is 1030. The maximum atomic E-state index is 10.4. The second kappa shape index (κ2) is 20.6. The highest BCUT2D eigenvalue weighted by atomic mass is 32.1. The maximum Gasteiger partial charge on any atom is 0.248 e. The number of rotatable bonds is 4. The zero-order valence-electron chi connectivity index (χ0n) is 20.5. The molecule has 4 aromatic rings. The first-order valence-corrected chi connectivity index (χ1v) is 10.6. The second-order valence-electron chi connectivity index (χ2n) is 6.92. The van der Waals surface area contributed by atoms with Crippen LogP contribution in [0.15, 0.2) is 121 Å². The average Bonchev–Trinajstić information content (AvgIpc) is 2.92. The van der Waals surface area contributed by atoms with Gasteiger partial charge in [-0.25, -0.2) is 0 Å². The first-order valence-electron chi connectivity index (χ1n) is 10.6. The van der Waals surface area contributed by atoms with Crippen LogP contribution in [-0.4, -0.2) is 23.6 Å². The molecule has 200 valence electrons. The van der Waals surface area contributed by atoms with Gasteiger partial charge < -0.3 is 22.9 Å². The van der Waals surface area contributed by atoms with Gasteiger partial charge in [-0.05, 0) is 48.5 Å². The molecular formula is C28H32N4O4S2. The number of benzene rings is 4. The second-order valence-corrected chi connectivity index (χ2v) is 6.92. The molecule has 0 spiro atoms. The molecule has 0 fully saturated rings. The van der Waals surface area contributed by atoms with Crippen LogP contribution < -0.4 is 22.9 Å². The molecule has 0 bridgehead atoms. The molecule has 0 aliphatic rings. The Balaban J connectivity index is 0. The van der Waals surface area contributed by atoms with E-state index in [0.717, 1.165) is 0 Å². The van der Waals surface area contributed by atoms with Crippen LogP contribution in [-0.2, 0) is 0 Å². The summed E-state index contributed by atoms with van der Waals surface area (Å²) in [5, 5.41) is 0. The lowest BCUT2D eigenvalue weighted by molar-refractivity contribution is 0.0992. The summed E-state index contributed by atoms with van der Waals surface area (Å²) >= 11 is 0. The average molecular weight is 553 g/mol. The van der Waals surface area contributed by atoms with Gasteiger partial charge in [0.2, 0.25) is 23.6 Å². The van der Waals surface area contributed by atoms with Crippen molar-refractivity contribution in [1.82, 2.24) is 0 Å². The predicted octanol–water partition coefficient (Wildman–Crippen LogP) is 3.37. The van der Waals surface area contributed by atoms with Crippen LogP contribution in [0.2, 0.25) is 0 Å². The predicted molar refractivity (Wildman–Crippen MR) is 161 cm³/mol. The highest BCUT2D eigenvalue weighted by Crippen LogP contribution is 1.97. The van der Waals surface area contributed by atoms with Gasteiger partial charge in [0.15, 0.2) is 0 Å². The normalized spacial score (nSPS) is 8.42. The van der Waals surface area contributed by atoms with E-state index in [-0.39, 0.29) is 50.6 Å². The van der Waals surface area contributed by atoms with E-state index in [2.05, 4.69) is 0 Å². The van der Waals surface area contributed by atoms with E-state index in [9.17, 15) is 19.2 Å². The van der Waals surface area contributed by atoms with Crippen molar-refractivity contribution in [2.75, 3.05) is 0 Å². The summed E-state index contributed by atoms with van der Waals surface area (Å²) in [6, 6.07) is 35.0. The van der Waals surface area contributed by atoms with E-state index in [1.807, 2.05) is 24.3 Å². The Morgan fingerprint density at radius 2 is 0.447 bits per heavy atom. The number of primary amides is 4. The highest BCUT2D eigenvalue weighted by Gasteiger charge is 1.95. The fourth-order valence-electron chi connectivity index (χ4n) is 2.41. The van der Waals surface area contributed by atoms with Crippen molar-refractivity contribution in [3.8, 4) is 0 Å². The molecule has 8 N–H and O–H groups in total. The molecule has 4 aromatic carbocycles. The molecule has 0 unspecified atom stereocenters. The third-order valence-corrected chi connectivity index (χ3v) is 4.23. The molecule has 0 saturated heterocycles. The third kappa shape index (κ3) is 15.5. The summed E-state index contributed by atoms with van der Waals surface area (Å²) in [6.07, 6.45) is 0. The Labute approximate surface area is 235 Å². The fourth-order valence-corrected chi connectivity index (χ4v) is 2.41. The molecule has 0 aromatic heterocycles. The van der Waals surface area contributed by atoms with E-state index < -0.39 is 0 Å². The minimum absolute atomic E-state index is 0. The van der Waals surface area contributed by atoms with Gasteiger partial charge in [-0.3, -0.25) is 19.2 Å². The van der Waals surface area contributed by atoms with Crippen LogP contribution in [0, 0.1) is 0 Å². The maximum absolute atomic E-state index is 10.4. The Morgan fingerprint density at radius 1 is 0.316 bits per heavy atom. The van der Waals surface area contributed by atoms with Gasteiger partial charge in [0.25, 0.3) is 0 Å². The molecule has 10 heteroatoms. The lowest BCUT2D eigenvalue weighted by Gasteiger charge is -1.89. The van der Waals surface area contributed by atoms with Crippen LogP contribution in [0.3, 0.4) is 0 Å². The first kappa shape index (κ1) is 35.6. The van der Waals surface area contributed by atoms with E-state index >= 15 is 0 Å². The number of amides is 4. The molecule has 0 aliphatic carbocycles. The van der Waals surface area contributed by atoms with Crippen LogP contribution in [0.5, 0.6) is 0 Å². The molecule has 8 nitrogen and oxygen atoms in total. The molecule has 4 amide bonds. The van der Waals surface area contributed by atoms with Crippen LogP contribution in [0.25, 0.3) is 0 Å². The van der Waals surface area contributed by atoms with Gasteiger partial charge in [0.05, 0.1) is 0 Å². The summed E-state index contributed by atoms with van der Waals surface area (Å²) in [4.78, 5) is 41.7. The standard InChI is InChI=1S/4C7H7NO.2H2S/c4*8-7(9)6-4-2-1-3-5-6;;/h4*1-5H,(H2,8,9);2*1H2. The summed E-state index contributed by atoms with van der Waals surface area (Å²) in [5.41, 5.74) is 22.1. The smallest absolute Gasteiger partial charge is 0.248 e. The molecule has 0 radical (unpaired) electrons. The third-order valence-electron chi connectivity index (χ3n) is 4.23. The Kier molecular flexibility index (Phi) is 19.3. The van der Waals surface area contributed by atoms with Crippen molar-refractivity contribution in [3.63, 3.8) is 0 Å². The summed E-state index contributed by atoms with van der Waals surface area (Å²) < 4.78 is 0.